The second kappa shape index (κ2) is 9.79. The van der Waals surface area contributed by atoms with Gasteiger partial charge in [-0.2, -0.15) is 0 Å². The molecule has 0 atom stereocenters. The smallest absolute Gasteiger partial charge is 0.251 e. The molecule has 7 nitrogen and oxygen atoms in total. The number of hydrogen-bond donors (Lipinski definition) is 2. The van der Waals surface area contributed by atoms with E-state index < -0.39 is 0 Å². The van der Waals surface area contributed by atoms with Gasteiger partial charge in [-0.05, 0) is 30.3 Å². The lowest BCUT2D eigenvalue weighted by atomic mass is 10.1. The molecule has 8 heteroatoms. The SMILES string of the molecule is COc1ccccc1CNC(=O)c1ccc(NC(=O)CSc2nccn2C)cc1. The Morgan fingerprint density at radius 1 is 1.14 bits per heavy atom. The number of aryl methyl sites for hydroxylation is 1. The second-order valence-corrected chi connectivity index (χ2v) is 7.17. The first kappa shape index (κ1) is 20.5. The highest BCUT2D eigenvalue weighted by molar-refractivity contribution is 7.99. The lowest BCUT2D eigenvalue weighted by Crippen LogP contribution is -2.23. The van der Waals surface area contributed by atoms with Crippen molar-refractivity contribution in [2.24, 2.45) is 7.05 Å². The molecule has 2 N–H and O–H groups in total. The highest BCUT2D eigenvalue weighted by Crippen LogP contribution is 2.18. The second-order valence-electron chi connectivity index (χ2n) is 6.23. The molecule has 2 amide bonds. The summed E-state index contributed by atoms with van der Waals surface area (Å²) in [5, 5.41) is 6.47. The van der Waals surface area contributed by atoms with Crippen LogP contribution in [0.5, 0.6) is 5.75 Å². The fraction of sp³-hybridized carbons (Fsp3) is 0.190. The summed E-state index contributed by atoms with van der Waals surface area (Å²) in [5.74, 6) is 0.659. The van der Waals surface area contributed by atoms with E-state index in [9.17, 15) is 9.59 Å². The average molecular weight is 410 g/mol. The highest BCUT2D eigenvalue weighted by atomic mass is 32.2. The van der Waals surface area contributed by atoms with Gasteiger partial charge in [0.05, 0.1) is 12.9 Å². The van der Waals surface area contributed by atoms with Crippen LogP contribution in [0.2, 0.25) is 0 Å². The van der Waals surface area contributed by atoms with Crippen LogP contribution in [0.1, 0.15) is 15.9 Å². The van der Waals surface area contributed by atoms with Crippen LogP contribution in [0.3, 0.4) is 0 Å². The Bertz CT molecular complexity index is 986. The third kappa shape index (κ3) is 5.61. The Morgan fingerprint density at radius 2 is 1.90 bits per heavy atom. The molecule has 29 heavy (non-hydrogen) atoms. The van der Waals surface area contributed by atoms with E-state index in [4.69, 9.17) is 4.74 Å². The van der Waals surface area contributed by atoms with E-state index in [2.05, 4.69) is 15.6 Å². The number of aromatic nitrogens is 2. The summed E-state index contributed by atoms with van der Waals surface area (Å²) in [5.41, 5.74) is 2.05. The van der Waals surface area contributed by atoms with Crippen molar-refractivity contribution in [1.82, 2.24) is 14.9 Å². The zero-order chi connectivity index (χ0) is 20.6. The first-order valence-electron chi connectivity index (χ1n) is 8.97. The number of carbonyl (C=O) groups is 2. The van der Waals surface area contributed by atoms with Crippen molar-refractivity contribution in [3.63, 3.8) is 0 Å². The number of methoxy groups -OCH3 is 1. The predicted octanol–water partition coefficient (Wildman–Crippen LogP) is 3.09. The van der Waals surface area contributed by atoms with Crippen LogP contribution in [-0.2, 0) is 18.4 Å². The van der Waals surface area contributed by atoms with Crippen molar-refractivity contribution >= 4 is 29.3 Å². The van der Waals surface area contributed by atoms with Gasteiger partial charge in [-0.25, -0.2) is 4.98 Å². The molecule has 1 aromatic heterocycles. The van der Waals surface area contributed by atoms with Gasteiger partial charge in [-0.3, -0.25) is 9.59 Å². The third-order valence-electron chi connectivity index (χ3n) is 4.17. The molecule has 1 heterocycles. The molecule has 0 aliphatic heterocycles. The number of amides is 2. The number of thioether (sulfide) groups is 1. The first-order chi connectivity index (χ1) is 14.1. The number of benzene rings is 2. The maximum Gasteiger partial charge on any atom is 0.251 e. The highest BCUT2D eigenvalue weighted by Gasteiger charge is 2.09. The molecule has 0 unspecified atom stereocenters. The van der Waals surface area contributed by atoms with E-state index in [0.29, 0.717) is 17.8 Å². The number of rotatable bonds is 8. The zero-order valence-electron chi connectivity index (χ0n) is 16.2. The number of nitrogens with one attached hydrogen (secondary N) is 2. The lowest BCUT2D eigenvalue weighted by Gasteiger charge is -2.10. The average Bonchev–Trinajstić information content (AvgIpc) is 3.16. The lowest BCUT2D eigenvalue weighted by molar-refractivity contribution is -0.113. The molecule has 3 rings (SSSR count). The van der Waals surface area contributed by atoms with Crippen LogP contribution < -0.4 is 15.4 Å². The molecule has 0 radical (unpaired) electrons. The number of imidazole rings is 1. The minimum atomic E-state index is -0.195. The minimum absolute atomic E-state index is 0.133. The Morgan fingerprint density at radius 3 is 2.59 bits per heavy atom. The maximum absolute atomic E-state index is 12.4. The molecule has 0 spiro atoms. The predicted molar refractivity (Wildman–Crippen MR) is 113 cm³/mol. The van der Waals surface area contributed by atoms with Gasteiger partial charge >= 0.3 is 0 Å². The van der Waals surface area contributed by atoms with Crippen LogP contribution >= 0.6 is 11.8 Å². The molecule has 0 aliphatic carbocycles. The van der Waals surface area contributed by atoms with Gasteiger partial charge in [-0.15, -0.1) is 0 Å². The fourth-order valence-corrected chi connectivity index (χ4v) is 3.38. The van der Waals surface area contributed by atoms with Crippen LogP contribution in [0.15, 0.2) is 66.1 Å². The monoisotopic (exact) mass is 410 g/mol. The summed E-state index contributed by atoms with van der Waals surface area (Å²) in [4.78, 5) is 28.6. The van der Waals surface area contributed by atoms with Crippen LogP contribution in [0.25, 0.3) is 0 Å². The van der Waals surface area contributed by atoms with E-state index in [1.807, 2.05) is 42.1 Å². The molecular weight excluding hydrogens is 388 g/mol. The quantitative estimate of drug-likeness (QED) is 0.558. The number of carbonyl (C=O) groups excluding carboxylic acids is 2. The molecule has 3 aromatic rings. The molecule has 150 valence electrons. The largest absolute Gasteiger partial charge is 0.496 e. The van der Waals surface area contributed by atoms with E-state index in [1.165, 1.54) is 11.8 Å². The fourth-order valence-electron chi connectivity index (χ4n) is 2.65. The summed E-state index contributed by atoms with van der Waals surface area (Å²) in [7, 11) is 3.48. The topological polar surface area (TPSA) is 85.2 Å². The number of nitrogens with zero attached hydrogens (tertiary/aromatic N) is 2. The van der Waals surface area contributed by atoms with E-state index >= 15 is 0 Å². The summed E-state index contributed by atoms with van der Waals surface area (Å²) in [6.07, 6.45) is 3.52. The van der Waals surface area contributed by atoms with Gasteiger partial charge in [0.25, 0.3) is 5.91 Å². The van der Waals surface area contributed by atoms with Crippen LogP contribution in [0, 0.1) is 0 Å². The molecule has 2 aromatic carbocycles. The van der Waals surface area contributed by atoms with Gasteiger partial charge in [0, 0.05) is 42.8 Å². The Balaban J connectivity index is 1.50. The Kier molecular flexibility index (Phi) is 6.91. The third-order valence-corrected chi connectivity index (χ3v) is 5.23. The summed E-state index contributed by atoms with van der Waals surface area (Å²) >= 11 is 1.36. The number of anilines is 1. The van der Waals surface area contributed by atoms with Gasteiger partial charge in [-0.1, -0.05) is 30.0 Å². The van der Waals surface area contributed by atoms with Crippen LogP contribution in [0.4, 0.5) is 5.69 Å². The minimum Gasteiger partial charge on any atom is -0.496 e. The van der Waals surface area contributed by atoms with E-state index in [0.717, 1.165) is 16.5 Å². The zero-order valence-corrected chi connectivity index (χ0v) is 17.0. The van der Waals surface area contributed by atoms with E-state index in [-0.39, 0.29) is 17.6 Å². The molecule has 0 aliphatic rings. The standard InChI is InChI=1S/C21H22N4O3S/c1-25-12-11-22-21(25)29-14-19(26)24-17-9-7-15(8-10-17)20(27)23-13-16-5-3-4-6-18(16)28-2/h3-12H,13-14H2,1-2H3,(H,23,27)(H,24,26). The van der Waals surface area contributed by atoms with Crippen molar-refractivity contribution in [2.75, 3.05) is 18.2 Å². The van der Waals surface area contributed by atoms with Gasteiger partial charge in [0.15, 0.2) is 5.16 Å². The van der Waals surface area contributed by atoms with Crippen molar-refractivity contribution < 1.29 is 14.3 Å². The number of hydrogen-bond acceptors (Lipinski definition) is 5. The van der Waals surface area contributed by atoms with Crippen molar-refractivity contribution in [2.45, 2.75) is 11.7 Å². The van der Waals surface area contributed by atoms with Gasteiger partial charge in [0.2, 0.25) is 5.91 Å². The van der Waals surface area contributed by atoms with Crippen molar-refractivity contribution in [3.05, 3.63) is 72.1 Å². The molecule has 0 bridgehead atoms. The summed E-state index contributed by atoms with van der Waals surface area (Å²) < 4.78 is 7.15. The molecular formula is C21H22N4O3S. The molecule has 0 saturated heterocycles. The van der Waals surface area contributed by atoms with Crippen LogP contribution in [-0.4, -0.2) is 34.2 Å². The molecule has 0 saturated carbocycles. The normalized spacial score (nSPS) is 10.4. The first-order valence-corrected chi connectivity index (χ1v) is 9.95. The van der Waals surface area contributed by atoms with Crippen molar-refractivity contribution in [3.8, 4) is 5.75 Å². The number of para-hydroxylation sites is 1. The van der Waals surface area contributed by atoms with Crippen molar-refractivity contribution in [1.29, 1.82) is 0 Å². The Labute approximate surface area is 173 Å². The van der Waals surface area contributed by atoms with E-state index in [1.54, 1.807) is 37.6 Å². The summed E-state index contributed by atoms with van der Waals surface area (Å²) in [6, 6.07) is 14.3. The summed E-state index contributed by atoms with van der Waals surface area (Å²) in [6.45, 7) is 0.367. The van der Waals surface area contributed by atoms with Gasteiger partial charge in [0.1, 0.15) is 5.75 Å². The molecule has 0 fully saturated rings. The maximum atomic E-state index is 12.4. The van der Waals surface area contributed by atoms with Gasteiger partial charge < -0.3 is 19.9 Å². The Hall–Kier alpha value is -3.26. The number of ether oxygens (including phenoxy) is 1.